The number of ether oxygens (including phenoxy) is 1. The molecule has 14 heavy (non-hydrogen) atoms. The Bertz CT molecular complexity index is 283. The van der Waals surface area contributed by atoms with Gasteiger partial charge in [-0.2, -0.15) is 0 Å². The van der Waals surface area contributed by atoms with Crippen molar-refractivity contribution in [3.05, 3.63) is 24.5 Å². The Balaban J connectivity index is 2.57. The molecule has 0 radical (unpaired) electrons. The molecule has 0 aliphatic carbocycles. The minimum absolute atomic E-state index is 0.318. The lowest BCUT2D eigenvalue weighted by molar-refractivity contribution is 0.157. The van der Waals surface area contributed by atoms with Gasteiger partial charge in [-0.25, -0.2) is 4.79 Å². The van der Waals surface area contributed by atoms with E-state index in [2.05, 4.69) is 4.98 Å². The van der Waals surface area contributed by atoms with Crippen molar-refractivity contribution in [3.8, 4) is 5.75 Å². The fourth-order valence-electron chi connectivity index (χ4n) is 1.05. The summed E-state index contributed by atoms with van der Waals surface area (Å²) in [6.45, 7) is 5.13. The molecule has 4 heteroatoms. The summed E-state index contributed by atoms with van der Waals surface area (Å²) in [5.74, 6) is 0.525. The molecular weight excluding hydrogens is 180 g/mol. The van der Waals surface area contributed by atoms with Gasteiger partial charge in [0.05, 0.1) is 0 Å². The third kappa shape index (κ3) is 2.73. The molecule has 0 aliphatic rings. The molecule has 0 aromatic carbocycles. The highest BCUT2D eigenvalue weighted by molar-refractivity contribution is 5.70. The molecule has 0 saturated carbocycles. The van der Waals surface area contributed by atoms with E-state index in [9.17, 15) is 4.79 Å². The first kappa shape index (κ1) is 10.5. The number of rotatable bonds is 3. The quantitative estimate of drug-likeness (QED) is 0.738. The monoisotopic (exact) mass is 194 g/mol. The lowest BCUT2D eigenvalue weighted by atomic mass is 10.4. The van der Waals surface area contributed by atoms with Crippen molar-refractivity contribution in [1.82, 2.24) is 9.88 Å². The van der Waals surface area contributed by atoms with Gasteiger partial charge in [-0.15, -0.1) is 0 Å². The van der Waals surface area contributed by atoms with E-state index in [1.807, 2.05) is 13.8 Å². The van der Waals surface area contributed by atoms with Crippen molar-refractivity contribution in [1.29, 1.82) is 0 Å². The fourth-order valence-corrected chi connectivity index (χ4v) is 1.05. The van der Waals surface area contributed by atoms with Gasteiger partial charge < -0.3 is 9.64 Å². The molecule has 1 rings (SSSR count). The second kappa shape index (κ2) is 5.21. The van der Waals surface area contributed by atoms with Crippen LogP contribution in [0.25, 0.3) is 0 Å². The maximum atomic E-state index is 11.5. The highest BCUT2D eigenvalue weighted by atomic mass is 16.6. The first-order chi connectivity index (χ1) is 6.77. The molecule has 0 fully saturated rings. The molecule has 4 nitrogen and oxygen atoms in total. The Morgan fingerprint density at radius 1 is 1.36 bits per heavy atom. The summed E-state index contributed by atoms with van der Waals surface area (Å²) in [4.78, 5) is 16.9. The molecule has 76 valence electrons. The van der Waals surface area contributed by atoms with Gasteiger partial charge in [-0.05, 0) is 26.0 Å². The van der Waals surface area contributed by atoms with E-state index in [1.54, 1.807) is 29.4 Å². The largest absolute Gasteiger partial charge is 0.415 e. The summed E-state index contributed by atoms with van der Waals surface area (Å²) in [6.07, 6.45) is 2.86. The lowest BCUT2D eigenvalue weighted by Gasteiger charge is -2.17. The third-order valence-corrected chi connectivity index (χ3v) is 1.88. The second-order valence-corrected chi connectivity index (χ2v) is 2.72. The van der Waals surface area contributed by atoms with E-state index in [0.717, 1.165) is 0 Å². The molecule has 0 N–H and O–H groups in total. The molecule has 0 bridgehead atoms. The number of carbonyl (C=O) groups excluding carboxylic acids is 1. The van der Waals surface area contributed by atoms with Gasteiger partial charge in [0.1, 0.15) is 5.75 Å². The molecular formula is C10H14N2O2. The van der Waals surface area contributed by atoms with E-state index in [0.29, 0.717) is 18.8 Å². The van der Waals surface area contributed by atoms with Gasteiger partial charge in [0.25, 0.3) is 0 Å². The van der Waals surface area contributed by atoms with Crippen molar-refractivity contribution < 1.29 is 9.53 Å². The minimum Gasteiger partial charge on any atom is -0.410 e. The van der Waals surface area contributed by atoms with Crippen molar-refractivity contribution >= 4 is 6.09 Å². The van der Waals surface area contributed by atoms with Gasteiger partial charge >= 0.3 is 6.09 Å². The molecule has 0 saturated heterocycles. The van der Waals surface area contributed by atoms with Crippen molar-refractivity contribution in [2.24, 2.45) is 0 Å². The van der Waals surface area contributed by atoms with Gasteiger partial charge in [-0.1, -0.05) is 0 Å². The van der Waals surface area contributed by atoms with E-state index in [4.69, 9.17) is 4.74 Å². The Hall–Kier alpha value is -1.58. The molecule has 0 atom stereocenters. The number of pyridine rings is 1. The van der Waals surface area contributed by atoms with Crippen LogP contribution in [0.1, 0.15) is 13.8 Å². The topological polar surface area (TPSA) is 42.4 Å². The summed E-state index contributed by atoms with van der Waals surface area (Å²) in [7, 11) is 0. The number of aromatic nitrogens is 1. The highest BCUT2D eigenvalue weighted by Gasteiger charge is 2.10. The maximum absolute atomic E-state index is 11.5. The smallest absolute Gasteiger partial charge is 0.410 e. The number of carbonyl (C=O) groups is 1. The molecule has 1 heterocycles. The average Bonchev–Trinajstić information content (AvgIpc) is 2.21. The maximum Gasteiger partial charge on any atom is 0.415 e. The van der Waals surface area contributed by atoms with Crippen LogP contribution < -0.4 is 4.74 Å². The predicted molar refractivity (Wildman–Crippen MR) is 53.2 cm³/mol. The van der Waals surface area contributed by atoms with Crippen molar-refractivity contribution in [2.75, 3.05) is 13.1 Å². The Morgan fingerprint density at radius 2 is 1.93 bits per heavy atom. The normalized spacial score (nSPS) is 9.57. The first-order valence-corrected chi connectivity index (χ1v) is 4.64. The zero-order valence-electron chi connectivity index (χ0n) is 8.43. The van der Waals surface area contributed by atoms with E-state index in [-0.39, 0.29) is 6.09 Å². The summed E-state index contributed by atoms with van der Waals surface area (Å²) < 4.78 is 5.11. The zero-order valence-corrected chi connectivity index (χ0v) is 8.43. The Labute approximate surface area is 83.5 Å². The first-order valence-electron chi connectivity index (χ1n) is 4.64. The molecule has 1 aromatic rings. The van der Waals surface area contributed by atoms with Crippen LogP contribution in [0.4, 0.5) is 4.79 Å². The van der Waals surface area contributed by atoms with Crippen LogP contribution in [0.15, 0.2) is 24.5 Å². The van der Waals surface area contributed by atoms with E-state index in [1.165, 1.54) is 0 Å². The molecule has 1 amide bonds. The molecule has 0 unspecified atom stereocenters. The number of nitrogens with zero attached hydrogens (tertiary/aromatic N) is 2. The van der Waals surface area contributed by atoms with Gasteiger partial charge in [-0.3, -0.25) is 4.98 Å². The third-order valence-electron chi connectivity index (χ3n) is 1.88. The zero-order chi connectivity index (χ0) is 10.4. The average molecular weight is 194 g/mol. The number of amides is 1. The summed E-state index contributed by atoms with van der Waals surface area (Å²) in [5, 5.41) is 0. The Morgan fingerprint density at radius 3 is 2.43 bits per heavy atom. The van der Waals surface area contributed by atoms with Crippen LogP contribution in [0.3, 0.4) is 0 Å². The van der Waals surface area contributed by atoms with Crippen molar-refractivity contribution in [2.45, 2.75) is 13.8 Å². The summed E-state index contributed by atoms with van der Waals surface area (Å²) in [6, 6.07) is 3.31. The minimum atomic E-state index is -0.318. The fraction of sp³-hybridized carbons (Fsp3) is 0.400. The Kier molecular flexibility index (Phi) is 3.91. The molecule has 0 aliphatic heterocycles. The molecule has 0 spiro atoms. The predicted octanol–water partition coefficient (Wildman–Crippen LogP) is 1.92. The van der Waals surface area contributed by atoms with E-state index >= 15 is 0 Å². The molecule has 1 aromatic heterocycles. The van der Waals surface area contributed by atoms with Crippen LogP contribution in [0.2, 0.25) is 0 Å². The van der Waals surface area contributed by atoms with Gasteiger partial charge in [0.15, 0.2) is 0 Å². The number of hydrogen-bond acceptors (Lipinski definition) is 3. The van der Waals surface area contributed by atoms with Crippen LogP contribution >= 0.6 is 0 Å². The van der Waals surface area contributed by atoms with Crippen LogP contribution in [-0.2, 0) is 0 Å². The highest BCUT2D eigenvalue weighted by Crippen LogP contribution is 2.08. The summed E-state index contributed by atoms with van der Waals surface area (Å²) >= 11 is 0. The van der Waals surface area contributed by atoms with Crippen molar-refractivity contribution in [3.63, 3.8) is 0 Å². The second-order valence-electron chi connectivity index (χ2n) is 2.72. The summed E-state index contributed by atoms with van der Waals surface area (Å²) in [5.41, 5.74) is 0. The van der Waals surface area contributed by atoms with Gasteiger partial charge in [0, 0.05) is 25.5 Å². The van der Waals surface area contributed by atoms with Crippen LogP contribution in [0.5, 0.6) is 5.75 Å². The lowest BCUT2D eigenvalue weighted by Crippen LogP contribution is -2.33. The van der Waals surface area contributed by atoms with Crippen LogP contribution in [-0.4, -0.2) is 29.1 Å². The van der Waals surface area contributed by atoms with Gasteiger partial charge in [0.2, 0.25) is 0 Å². The van der Waals surface area contributed by atoms with E-state index < -0.39 is 0 Å². The standard InChI is InChI=1S/C10H14N2O2/c1-3-12(4-2)10(13)14-9-5-7-11-8-6-9/h5-8H,3-4H2,1-2H3. The van der Waals surface area contributed by atoms with Crippen LogP contribution in [0, 0.1) is 0 Å². The SMILES string of the molecule is CCN(CC)C(=O)Oc1ccncc1. The number of hydrogen-bond donors (Lipinski definition) is 0.